The van der Waals surface area contributed by atoms with Crippen LogP contribution in [0.4, 0.5) is 0 Å². The largest absolute Gasteiger partial charge is 0.481 e. The average molecular weight is 181 g/mol. The van der Waals surface area contributed by atoms with E-state index in [1.54, 1.807) is 0 Å². The van der Waals surface area contributed by atoms with Gasteiger partial charge in [-0.1, -0.05) is 0 Å². The first kappa shape index (κ1) is 7.80. The molecule has 2 N–H and O–H groups in total. The fourth-order valence-corrected chi connectivity index (χ4v) is 3.92. The summed E-state index contributed by atoms with van der Waals surface area (Å²) in [6.45, 7) is 2.20. The number of nitrogens with one attached hydrogen (secondary N) is 1. The van der Waals surface area contributed by atoms with Crippen molar-refractivity contribution in [2.75, 3.05) is 13.1 Å². The molecule has 1 aliphatic heterocycles. The Kier molecular flexibility index (Phi) is 1.48. The summed E-state index contributed by atoms with van der Waals surface area (Å²) >= 11 is 0. The molecule has 3 fully saturated rings. The molecule has 5 atom stereocenters. The van der Waals surface area contributed by atoms with E-state index < -0.39 is 5.97 Å². The van der Waals surface area contributed by atoms with Crippen molar-refractivity contribution in [2.45, 2.75) is 12.8 Å². The van der Waals surface area contributed by atoms with Gasteiger partial charge in [0.2, 0.25) is 0 Å². The van der Waals surface area contributed by atoms with Crippen LogP contribution in [0.3, 0.4) is 0 Å². The molecule has 0 aromatic heterocycles. The van der Waals surface area contributed by atoms with E-state index in [-0.39, 0.29) is 5.92 Å². The highest BCUT2D eigenvalue weighted by atomic mass is 16.4. The van der Waals surface area contributed by atoms with Gasteiger partial charge < -0.3 is 10.4 Å². The highest BCUT2D eigenvalue weighted by Gasteiger charge is 2.55. The monoisotopic (exact) mass is 181 g/mol. The summed E-state index contributed by atoms with van der Waals surface area (Å²) in [6, 6.07) is 0. The SMILES string of the molecule is O=C(O)C1CC2CC1C1CNCC21. The van der Waals surface area contributed by atoms with Crippen molar-refractivity contribution < 1.29 is 9.90 Å². The van der Waals surface area contributed by atoms with E-state index in [4.69, 9.17) is 5.11 Å². The lowest BCUT2D eigenvalue weighted by Gasteiger charge is -2.27. The molecule has 13 heavy (non-hydrogen) atoms. The Morgan fingerprint density at radius 3 is 2.69 bits per heavy atom. The van der Waals surface area contributed by atoms with E-state index in [1.165, 1.54) is 6.42 Å². The minimum Gasteiger partial charge on any atom is -0.481 e. The first-order valence-corrected chi connectivity index (χ1v) is 5.21. The smallest absolute Gasteiger partial charge is 0.306 e. The second-order valence-electron chi connectivity index (χ2n) is 4.83. The van der Waals surface area contributed by atoms with Gasteiger partial charge in [-0.15, -0.1) is 0 Å². The van der Waals surface area contributed by atoms with Crippen LogP contribution in [0, 0.1) is 29.6 Å². The maximum absolute atomic E-state index is 11.0. The topological polar surface area (TPSA) is 49.3 Å². The lowest BCUT2D eigenvalue weighted by molar-refractivity contribution is -0.144. The highest BCUT2D eigenvalue weighted by Crippen LogP contribution is 2.56. The molecule has 2 aliphatic carbocycles. The second kappa shape index (κ2) is 2.47. The molecule has 3 nitrogen and oxygen atoms in total. The lowest BCUT2D eigenvalue weighted by Crippen LogP contribution is -2.31. The Balaban J connectivity index is 1.85. The number of hydrogen-bond donors (Lipinski definition) is 2. The van der Waals surface area contributed by atoms with Crippen LogP contribution in [0.5, 0.6) is 0 Å². The first-order valence-electron chi connectivity index (χ1n) is 5.21. The standard InChI is InChI=1S/C10H15NO2/c12-10(13)7-2-5-1-6(7)9-4-11-3-8(5)9/h5-9,11H,1-4H2,(H,12,13). The number of fused-ring (bicyclic) bond motifs is 5. The maximum atomic E-state index is 11.0. The molecule has 72 valence electrons. The van der Waals surface area contributed by atoms with Gasteiger partial charge in [0.1, 0.15) is 0 Å². The van der Waals surface area contributed by atoms with Crippen LogP contribution >= 0.6 is 0 Å². The van der Waals surface area contributed by atoms with Crippen LogP contribution in [0.2, 0.25) is 0 Å². The van der Waals surface area contributed by atoms with E-state index in [1.807, 2.05) is 0 Å². The van der Waals surface area contributed by atoms with Crippen molar-refractivity contribution in [3.63, 3.8) is 0 Å². The minimum absolute atomic E-state index is 0.0221. The van der Waals surface area contributed by atoms with Gasteiger partial charge in [-0.2, -0.15) is 0 Å². The summed E-state index contributed by atoms with van der Waals surface area (Å²) in [7, 11) is 0. The summed E-state index contributed by atoms with van der Waals surface area (Å²) in [6.07, 6.45) is 2.14. The summed E-state index contributed by atoms with van der Waals surface area (Å²) in [5.41, 5.74) is 0. The third-order valence-electron chi connectivity index (χ3n) is 4.43. The van der Waals surface area contributed by atoms with Crippen LogP contribution in [-0.4, -0.2) is 24.2 Å². The molecule has 3 heteroatoms. The molecule has 3 rings (SSSR count). The Hall–Kier alpha value is -0.570. The van der Waals surface area contributed by atoms with Gasteiger partial charge in [0.15, 0.2) is 0 Å². The van der Waals surface area contributed by atoms with Crippen molar-refractivity contribution in [3.8, 4) is 0 Å². The quantitative estimate of drug-likeness (QED) is 0.621. The zero-order chi connectivity index (χ0) is 9.00. The van der Waals surface area contributed by atoms with Crippen molar-refractivity contribution in [1.82, 2.24) is 5.32 Å². The van der Waals surface area contributed by atoms with Gasteiger partial charge in [0, 0.05) is 0 Å². The molecule has 0 aromatic carbocycles. The minimum atomic E-state index is -0.558. The number of rotatable bonds is 1. The van der Waals surface area contributed by atoms with Crippen molar-refractivity contribution >= 4 is 5.97 Å². The van der Waals surface area contributed by atoms with Crippen LogP contribution in [0.15, 0.2) is 0 Å². The third kappa shape index (κ3) is 0.909. The van der Waals surface area contributed by atoms with Gasteiger partial charge in [0.25, 0.3) is 0 Å². The van der Waals surface area contributed by atoms with Crippen LogP contribution < -0.4 is 5.32 Å². The number of carboxylic acid groups (broad SMARTS) is 1. The van der Waals surface area contributed by atoms with Gasteiger partial charge in [-0.25, -0.2) is 0 Å². The zero-order valence-corrected chi connectivity index (χ0v) is 7.57. The normalized spacial score (nSPS) is 52.5. The molecule has 1 heterocycles. The average Bonchev–Trinajstić information content (AvgIpc) is 2.75. The number of carboxylic acids is 1. The molecule has 0 aromatic rings. The van der Waals surface area contributed by atoms with Crippen molar-refractivity contribution in [3.05, 3.63) is 0 Å². The van der Waals surface area contributed by atoms with Gasteiger partial charge >= 0.3 is 5.97 Å². The first-order chi connectivity index (χ1) is 6.27. The van der Waals surface area contributed by atoms with Gasteiger partial charge in [-0.3, -0.25) is 4.79 Å². The molecule has 0 amide bonds. The van der Waals surface area contributed by atoms with Crippen molar-refractivity contribution in [1.29, 1.82) is 0 Å². The summed E-state index contributed by atoms with van der Waals surface area (Å²) < 4.78 is 0. The van der Waals surface area contributed by atoms with E-state index in [2.05, 4.69) is 5.32 Å². The lowest BCUT2D eigenvalue weighted by atomic mass is 9.76. The Bertz CT molecular complexity index is 253. The van der Waals surface area contributed by atoms with Crippen molar-refractivity contribution in [2.24, 2.45) is 29.6 Å². The molecule has 2 bridgehead atoms. The number of carbonyl (C=O) groups is 1. The predicted molar refractivity (Wildman–Crippen MR) is 47.2 cm³/mol. The van der Waals surface area contributed by atoms with Crippen LogP contribution in [-0.2, 0) is 4.79 Å². The molecule has 0 spiro atoms. The summed E-state index contributed by atoms with van der Waals surface area (Å²) in [5, 5.41) is 12.4. The molecular formula is C10H15NO2. The van der Waals surface area contributed by atoms with Crippen LogP contribution in [0.1, 0.15) is 12.8 Å². The molecular weight excluding hydrogens is 166 g/mol. The summed E-state index contributed by atoms with van der Waals surface area (Å²) in [5.74, 6) is 2.11. The Labute approximate surface area is 77.5 Å². The third-order valence-corrected chi connectivity index (χ3v) is 4.43. The molecule has 2 saturated carbocycles. The van der Waals surface area contributed by atoms with Crippen LogP contribution in [0.25, 0.3) is 0 Å². The van der Waals surface area contributed by atoms with E-state index in [0.717, 1.165) is 25.4 Å². The number of aliphatic carboxylic acids is 1. The highest BCUT2D eigenvalue weighted by molar-refractivity contribution is 5.71. The van der Waals surface area contributed by atoms with Gasteiger partial charge in [-0.05, 0) is 49.6 Å². The van der Waals surface area contributed by atoms with E-state index in [0.29, 0.717) is 17.8 Å². The maximum Gasteiger partial charge on any atom is 0.306 e. The Morgan fingerprint density at radius 2 is 1.92 bits per heavy atom. The summed E-state index contributed by atoms with van der Waals surface area (Å²) in [4.78, 5) is 11.0. The van der Waals surface area contributed by atoms with E-state index in [9.17, 15) is 4.79 Å². The zero-order valence-electron chi connectivity index (χ0n) is 7.57. The fourth-order valence-electron chi connectivity index (χ4n) is 3.92. The number of hydrogen-bond acceptors (Lipinski definition) is 2. The molecule has 0 radical (unpaired) electrons. The fraction of sp³-hybridized carbons (Fsp3) is 0.900. The molecule has 3 aliphatic rings. The van der Waals surface area contributed by atoms with E-state index >= 15 is 0 Å². The molecule has 5 unspecified atom stereocenters. The molecule has 1 saturated heterocycles. The second-order valence-corrected chi connectivity index (χ2v) is 4.83. The Morgan fingerprint density at radius 1 is 1.15 bits per heavy atom. The predicted octanol–water partition coefficient (Wildman–Crippen LogP) is 0.563. The van der Waals surface area contributed by atoms with Gasteiger partial charge in [0.05, 0.1) is 5.92 Å².